The maximum atomic E-state index is 5.91. The second-order valence-corrected chi connectivity index (χ2v) is 4.95. The van der Waals surface area contributed by atoms with E-state index in [4.69, 9.17) is 16.4 Å². The fourth-order valence-electron chi connectivity index (χ4n) is 2.14. The van der Waals surface area contributed by atoms with Crippen LogP contribution < -0.4 is 10.8 Å². The number of hydroxylamine groups is 1. The van der Waals surface area contributed by atoms with Crippen molar-refractivity contribution in [1.29, 1.82) is 0 Å². The van der Waals surface area contributed by atoms with Crippen molar-refractivity contribution in [2.75, 3.05) is 13.1 Å². The SMILES string of the molecule is Clc1cccc(C#CC2=CC3(CCNC3)ON2)c1. The van der Waals surface area contributed by atoms with Gasteiger partial charge in [0.1, 0.15) is 11.3 Å². The molecule has 1 fully saturated rings. The van der Waals surface area contributed by atoms with E-state index in [1.165, 1.54) is 0 Å². The molecule has 4 heteroatoms. The Balaban J connectivity index is 1.78. The average molecular weight is 261 g/mol. The molecule has 0 saturated carbocycles. The van der Waals surface area contributed by atoms with Crippen molar-refractivity contribution >= 4 is 11.6 Å². The summed E-state index contributed by atoms with van der Waals surface area (Å²) in [7, 11) is 0. The maximum absolute atomic E-state index is 5.91. The van der Waals surface area contributed by atoms with E-state index in [-0.39, 0.29) is 5.60 Å². The van der Waals surface area contributed by atoms with Crippen LogP contribution in [0, 0.1) is 11.8 Å². The van der Waals surface area contributed by atoms with E-state index < -0.39 is 0 Å². The molecule has 1 aromatic carbocycles. The highest BCUT2D eigenvalue weighted by Gasteiger charge is 2.37. The molecule has 1 aromatic rings. The first kappa shape index (κ1) is 11.6. The van der Waals surface area contributed by atoms with Crippen LogP contribution >= 0.6 is 11.6 Å². The van der Waals surface area contributed by atoms with Gasteiger partial charge in [0.05, 0.1) is 0 Å². The van der Waals surface area contributed by atoms with Gasteiger partial charge in [-0.2, -0.15) is 0 Å². The molecule has 2 heterocycles. The average Bonchev–Trinajstić information content (AvgIpc) is 2.98. The van der Waals surface area contributed by atoms with Gasteiger partial charge in [0.2, 0.25) is 0 Å². The fraction of sp³-hybridized carbons (Fsp3) is 0.286. The lowest BCUT2D eigenvalue weighted by Gasteiger charge is -2.16. The first-order valence-corrected chi connectivity index (χ1v) is 6.29. The zero-order chi connectivity index (χ0) is 12.4. The number of hydrogen-bond acceptors (Lipinski definition) is 3. The normalized spacial score (nSPS) is 25.5. The van der Waals surface area contributed by atoms with E-state index in [2.05, 4.69) is 28.7 Å². The summed E-state index contributed by atoms with van der Waals surface area (Å²) >= 11 is 5.91. The lowest BCUT2D eigenvalue weighted by Crippen LogP contribution is -2.31. The third-order valence-electron chi connectivity index (χ3n) is 3.09. The standard InChI is InChI=1S/C14H13ClN2O/c15-12-3-1-2-11(8-12)4-5-13-9-14(18-17-13)6-7-16-10-14/h1-3,8-9,16-17H,6-7,10H2. The molecule has 0 amide bonds. The Hall–Kier alpha value is -1.47. The number of hydrogen-bond donors (Lipinski definition) is 2. The van der Waals surface area contributed by atoms with E-state index in [1.807, 2.05) is 24.3 Å². The summed E-state index contributed by atoms with van der Waals surface area (Å²) in [5, 5.41) is 3.98. The smallest absolute Gasteiger partial charge is 0.131 e. The molecule has 1 atom stereocenters. The minimum absolute atomic E-state index is 0.210. The second kappa shape index (κ2) is 4.66. The molecule has 18 heavy (non-hydrogen) atoms. The van der Waals surface area contributed by atoms with Gasteiger partial charge in [-0.05, 0) is 43.2 Å². The number of rotatable bonds is 0. The van der Waals surface area contributed by atoms with Crippen molar-refractivity contribution < 1.29 is 4.84 Å². The highest BCUT2D eigenvalue weighted by atomic mass is 35.5. The molecule has 3 rings (SSSR count). The van der Waals surface area contributed by atoms with Gasteiger partial charge < -0.3 is 5.32 Å². The van der Waals surface area contributed by atoms with Crippen LogP contribution in [0.2, 0.25) is 5.02 Å². The first-order valence-electron chi connectivity index (χ1n) is 5.91. The lowest BCUT2D eigenvalue weighted by molar-refractivity contribution is -0.0250. The summed E-state index contributed by atoms with van der Waals surface area (Å²) in [6.45, 7) is 1.82. The quantitative estimate of drug-likeness (QED) is 0.699. The van der Waals surface area contributed by atoms with Crippen LogP contribution in [0.25, 0.3) is 0 Å². The summed E-state index contributed by atoms with van der Waals surface area (Å²) in [6, 6.07) is 7.50. The molecular formula is C14H13ClN2O. The summed E-state index contributed by atoms with van der Waals surface area (Å²) in [6.07, 6.45) is 3.03. The highest BCUT2D eigenvalue weighted by Crippen LogP contribution is 2.26. The summed E-state index contributed by atoms with van der Waals surface area (Å²) in [4.78, 5) is 5.59. The molecule has 0 aliphatic carbocycles. The van der Waals surface area contributed by atoms with Crippen LogP contribution in [-0.4, -0.2) is 18.7 Å². The van der Waals surface area contributed by atoms with Crippen LogP contribution in [0.5, 0.6) is 0 Å². The molecule has 1 saturated heterocycles. The van der Waals surface area contributed by atoms with Crippen LogP contribution in [0.3, 0.4) is 0 Å². The van der Waals surface area contributed by atoms with Gasteiger partial charge in [0.15, 0.2) is 0 Å². The Morgan fingerprint density at radius 2 is 2.28 bits per heavy atom. The van der Waals surface area contributed by atoms with E-state index in [0.717, 1.165) is 30.8 Å². The highest BCUT2D eigenvalue weighted by molar-refractivity contribution is 6.30. The minimum atomic E-state index is -0.210. The Labute approximate surface area is 111 Å². The third-order valence-corrected chi connectivity index (χ3v) is 3.32. The Morgan fingerprint density at radius 3 is 3.06 bits per heavy atom. The van der Waals surface area contributed by atoms with Crippen molar-refractivity contribution in [3.8, 4) is 11.8 Å². The molecule has 1 unspecified atom stereocenters. The summed E-state index contributed by atoms with van der Waals surface area (Å²) in [5.74, 6) is 6.13. The van der Waals surface area contributed by atoms with Crippen LogP contribution in [0.1, 0.15) is 12.0 Å². The monoisotopic (exact) mass is 260 g/mol. The zero-order valence-corrected chi connectivity index (χ0v) is 10.6. The summed E-state index contributed by atoms with van der Waals surface area (Å²) < 4.78 is 0. The Morgan fingerprint density at radius 1 is 1.33 bits per heavy atom. The van der Waals surface area contributed by atoms with Crippen molar-refractivity contribution in [1.82, 2.24) is 10.8 Å². The largest absolute Gasteiger partial charge is 0.313 e. The van der Waals surface area contributed by atoms with Gasteiger partial charge in [0, 0.05) is 17.1 Å². The number of halogens is 1. The number of benzene rings is 1. The number of nitrogens with one attached hydrogen (secondary N) is 2. The molecule has 1 spiro atoms. The molecular weight excluding hydrogens is 248 g/mol. The van der Waals surface area contributed by atoms with Gasteiger partial charge >= 0.3 is 0 Å². The van der Waals surface area contributed by atoms with Gasteiger partial charge in [-0.3, -0.25) is 10.3 Å². The molecule has 0 aromatic heterocycles. The molecule has 2 aliphatic heterocycles. The van der Waals surface area contributed by atoms with Crippen LogP contribution in [0.4, 0.5) is 0 Å². The van der Waals surface area contributed by atoms with E-state index in [9.17, 15) is 0 Å². The molecule has 3 nitrogen and oxygen atoms in total. The fourth-order valence-corrected chi connectivity index (χ4v) is 2.33. The van der Waals surface area contributed by atoms with Crippen molar-refractivity contribution in [2.45, 2.75) is 12.0 Å². The molecule has 0 bridgehead atoms. The molecule has 2 aliphatic rings. The van der Waals surface area contributed by atoms with Gasteiger partial charge in [-0.1, -0.05) is 23.6 Å². The van der Waals surface area contributed by atoms with Crippen molar-refractivity contribution in [3.63, 3.8) is 0 Å². The van der Waals surface area contributed by atoms with Gasteiger partial charge in [-0.15, -0.1) is 0 Å². The first-order chi connectivity index (χ1) is 8.76. The number of allylic oxidation sites excluding steroid dienone is 1. The Bertz CT molecular complexity index is 550. The van der Waals surface area contributed by atoms with E-state index in [1.54, 1.807) is 0 Å². The molecule has 92 valence electrons. The Kier molecular flexibility index (Phi) is 3.00. The van der Waals surface area contributed by atoms with Crippen molar-refractivity contribution in [2.24, 2.45) is 0 Å². The van der Waals surface area contributed by atoms with E-state index in [0.29, 0.717) is 5.02 Å². The van der Waals surface area contributed by atoms with E-state index >= 15 is 0 Å². The van der Waals surface area contributed by atoms with Crippen LogP contribution in [0.15, 0.2) is 36.0 Å². The zero-order valence-electron chi connectivity index (χ0n) is 9.79. The minimum Gasteiger partial charge on any atom is -0.313 e. The summed E-state index contributed by atoms with van der Waals surface area (Å²) in [5.41, 5.74) is 4.40. The third kappa shape index (κ3) is 2.37. The second-order valence-electron chi connectivity index (χ2n) is 4.51. The maximum Gasteiger partial charge on any atom is 0.131 e. The van der Waals surface area contributed by atoms with Crippen LogP contribution in [-0.2, 0) is 4.84 Å². The van der Waals surface area contributed by atoms with Gasteiger partial charge in [-0.25, -0.2) is 0 Å². The molecule has 0 radical (unpaired) electrons. The lowest BCUT2D eigenvalue weighted by atomic mass is 10.0. The molecule has 2 N–H and O–H groups in total. The van der Waals surface area contributed by atoms with Gasteiger partial charge in [0.25, 0.3) is 0 Å². The predicted molar refractivity (Wildman–Crippen MR) is 70.9 cm³/mol. The predicted octanol–water partition coefficient (Wildman–Crippen LogP) is 1.84. The van der Waals surface area contributed by atoms with Crippen molar-refractivity contribution in [3.05, 3.63) is 46.6 Å². The topological polar surface area (TPSA) is 33.3 Å².